The van der Waals surface area contributed by atoms with Crippen molar-refractivity contribution in [2.24, 2.45) is 22.7 Å². The molecular formula is C20H30O2. The maximum Gasteiger partial charge on any atom is 0.146 e. The van der Waals surface area contributed by atoms with Gasteiger partial charge in [-0.1, -0.05) is 45.4 Å². The first-order chi connectivity index (χ1) is 10.3. The van der Waals surface area contributed by atoms with E-state index in [1.54, 1.807) is 0 Å². The Labute approximate surface area is 135 Å². The van der Waals surface area contributed by atoms with E-state index < -0.39 is 0 Å². The monoisotopic (exact) mass is 302 g/mol. The van der Waals surface area contributed by atoms with Crippen LogP contribution in [0.3, 0.4) is 0 Å². The fraction of sp³-hybridized carbons (Fsp3) is 0.700. The van der Waals surface area contributed by atoms with Crippen molar-refractivity contribution in [2.45, 2.75) is 65.7 Å². The zero-order chi connectivity index (χ0) is 16.4. The largest absolute Gasteiger partial charge is 0.303 e. The van der Waals surface area contributed by atoms with Gasteiger partial charge in [0.1, 0.15) is 12.6 Å². The van der Waals surface area contributed by atoms with Crippen molar-refractivity contribution in [1.82, 2.24) is 0 Å². The van der Waals surface area contributed by atoms with E-state index in [1.807, 2.05) is 6.08 Å². The molecule has 0 amide bonds. The van der Waals surface area contributed by atoms with Crippen molar-refractivity contribution in [3.8, 4) is 0 Å². The van der Waals surface area contributed by atoms with Crippen LogP contribution in [0.1, 0.15) is 65.7 Å². The van der Waals surface area contributed by atoms with Crippen molar-refractivity contribution in [3.05, 3.63) is 23.8 Å². The third kappa shape index (κ3) is 3.11. The van der Waals surface area contributed by atoms with Crippen LogP contribution in [0.2, 0.25) is 0 Å². The number of aldehydes is 2. The van der Waals surface area contributed by atoms with E-state index in [4.69, 9.17) is 0 Å². The first-order valence-corrected chi connectivity index (χ1v) is 8.60. The fourth-order valence-corrected chi connectivity index (χ4v) is 5.25. The Kier molecular flexibility index (Phi) is 5.09. The predicted molar refractivity (Wildman–Crippen MR) is 90.5 cm³/mol. The molecule has 0 aromatic carbocycles. The van der Waals surface area contributed by atoms with Gasteiger partial charge in [0.25, 0.3) is 0 Å². The lowest BCUT2D eigenvalue weighted by Gasteiger charge is -2.58. The second-order valence-corrected chi connectivity index (χ2v) is 8.15. The minimum absolute atomic E-state index is 0.230. The number of fused-ring (bicyclic) bond motifs is 1. The number of hydrogen-bond acceptors (Lipinski definition) is 2. The Bertz CT molecular complexity index is 486. The van der Waals surface area contributed by atoms with Gasteiger partial charge >= 0.3 is 0 Å². The highest BCUT2D eigenvalue weighted by Gasteiger charge is 2.52. The summed E-state index contributed by atoms with van der Waals surface area (Å²) in [5, 5.41) is 0. The molecule has 0 radical (unpaired) electrons. The summed E-state index contributed by atoms with van der Waals surface area (Å²) in [6.07, 6.45) is 10.9. The quantitative estimate of drug-likeness (QED) is 0.411. The van der Waals surface area contributed by atoms with Crippen molar-refractivity contribution in [3.63, 3.8) is 0 Å². The molecule has 2 heteroatoms. The van der Waals surface area contributed by atoms with Gasteiger partial charge in [0.2, 0.25) is 0 Å². The van der Waals surface area contributed by atoms with Gasteiger partial charge in [-0.3, -0.25) is 4.79 Å². The fourth-order valence-electron chi connectivity index (χ4n) is 5.25. The summed E-state index contributed by atoms with van der Waals surface area (Å²) in [4.78, 5) is 21.7. The molecule has 22 heavy (non-hydrogen) atoms. The summed E-state index contributed by atoms with van der Waals surface area (Å²) in [6.45, 7) is 11.6. The van der Waals surface area contributed by atoms with Crippen LogP contribution in [-0.4, -0.2) is 12.6 Å². The van der Waals surface area contributed by atoms with Crippen molar-refractivity contribution >= 4 is 12.6 Å². The molecule has 2 aliphatic carbocycles. The molecule has 0 aliphatic heterocycles. The minimum Gasteiger partial charge on any atom is -0.303 e. The molecule has 0 heterocycles. The highest BCUT2D eigenvalue weighted by atomic mass is 16.1. The molecular weight excluding hydrogens is 272 g/mol. The van der Waals surface area contributed by atoms with E-state index >= 15 is 0 Å². The molecule has 2 saturated carbocycles. The van der Waals surface area contributed by atoms with Gasteiger partial charge in [-0.05, 0) is 60.3 Å². The summed E-state index contributed by atoms with van der Waals surface area (Å²) in [6, 6.07) is 0. The molecule has 2 aliphatic rings. The van der Waals surface area contributed by atoms with Crippen molar-refractivity contribution in [2.75, 3.05) is 0 Å². The highest BCUT2D eigenvalue weighted by molar-refractivity contribution is 5.78. The number of carbonyl (C=O) groups excluding carboxylic acids is 2. The lowest BCUT2D eigenvalue weighted by Crippen LogP contribution is -2.49. The number of rotatable bonds is 5. The van der Waals surface area contributed by atoms with E-state index in [1.165, 1.54) is 31.3 Å². The van der Waals surface area contributed by atoms with Gasteiger partial charge in [-0.2, -0.15) is 0 Å². The molecule has 0 aromatic rings. The highest BCUT2D eigenvalue weighted by Crippen LogP contribution is 2.61. The average molecular weight is 302 g/mol. The molecule has 2 rings (SSSR count). The zero-order valence-corrected chi connectivity index (χ0v) is 14.4. The van der Waals surface area contributed by atoms with Crippen LogP contribution >= 0.6 is 0 Å². The molecule has 0 N–H and O–H groups in total. The maximum absolute atomic E-state index is 11.1. The SMILES string of the molecule is C=C1CCC2C(C)(C)CCC[C@]2(C)[C@H]1C/C=C(\C=O)CC=O. The summed E-state index contributed by atoms with van der Waals surface area (Å²) >= 11 is 0. The molecule has 0 saturated heterocycles. The lowest BCUT2D eigenvalue weighted by molar-refractivity contribution is -0.109. The molecule has 0 aromatic heterocycles. The second-order valence-electron chi connectivity index (χ2n) is 8.15. The van der Waals surface area contributed by atoms with E-state index in [-0.39, 0.29) is 11.8 Å². The van der Waals surface area contributed by atoms with Crippen molar-refractivity contribution < 1.29 is 9.59 Å². The Morgan fingerprint density at radius 2 is 2.00 bits per heavy atom. The predicted octanol–water partition coefficient (Wildman–Crippen LogP) is 4.89. The Morgan fingerprint density at radius 1 is 1.27 bits per heavy atom. The minimum atomic E-state index is 0.230. The van der Waals surface area contributed by atoms with Gasteiger partial charge in [-0.25, -0.2) is 0 Å². The first-order valence-electron chi connectivity index (χ1n) is 8.60. The van der Waals surface area contributed by atoms with Crippen LogP contribution in [0, 0.1) is 22.7 Å². The topological polar surface area (TPSA) is 34.1 Å². The standard InChI is InChI=1S/C20H30O2/c1-15-6-9-18-19(2,3)11-5-12-20(18,4)17(15)8-7-16(14-22)10-13-21/h7,13-14,17-18H,1,5-6,8-12H2,2-4H3/b16-7-/t17-,18?,20+/m0/s1. The van der Waals surface area contributed by atoms with Gasteiger partial charge in [0.05, 0.1) is 0 Å². The lowest BCUT2D eigenvalue weighted by atomic mass is 9.47. The summed E-state index contributed by atoms with van der Waals surface area (Å²) < 4.78 is 0. The Hall–Kier alpha value is -1.18. The van der Waals surface area contributed by atoms with E-state index in [9.17, 15) is 9.59 Å². The van der Waals surface area contributed by atoms with E-state index in [0.29, 0.717) is 16.9 Å². The molecule has 0 spiro atoms. The van der Waals surface area contributed by atoms with Gasteiger partial charge in [0.15, 0.2) is 0 Å². The maximum atomic E-state index is 11.1. The van der Waals surface area contributed by atoms with E-state index in [0.717, 1.165) is 31.3 Å². The second kappa shape index (κ2) is 6.52. The molecule has 2 nitrogen and oxygen atoms in total. The van der Waals surface area contributed by atoms with Gasteiger partial charge in [-0.15, -0.1) is 0 Å². The van der Waals surface area contributed by atoms with Gasteiger partial charge < -0.3 is 4.79 Å². The normalized spacial score (nSPS) is 34.9. The van der Waals surface area contributed by atoms with Crippen LogP contribution in [0.4, 0.5) is 0 Å². The third-order valence-electron chi connectivity index (χ3n) is 6.41. The number of carbonyl (C=O) groups is 2. The summed E-state index contributed by atoms with van der Waals surface area (Å²) in [5.74, 6) is 1.16. The van der Waals surface area contributed by atoms with Crippen LogP contribution < -0.4 is 0 Å². The molecule has 0 bridgehead atoms. The Balaban J connectivity index is 2.26. The van der Waals surface area contributed by atoms with Crippen LogP contribution in [0.5, 0.6) is 0 Å². The van der Waals surface area contributed by atoms with Gasteiger partial charge in [0, 0.05) is 6.42 Å². The number of hydrogen-bond donors (Lipinski definition) is 0. The van der Waals surface area contributed by atoms with Crippen LogP contribution in [-0.2, 0) is 9.59 Å². The Morgan fingerprint density at radius 3 is 2.64 bits per heavy atom. The summed E-state index contributed by atoms with van der Waals surface area (Å²) in [7, 11) is 0. The molecule has 2 fully saturated rings. The van der Waals surface area contributed by atoms with Crippen LogP contribution in [0.15, 0.2) is 23.8 Å². The van der Waals surface area contributed by atoms with Crippen molar-refractivity contribution in [1.29, 1.82) is 0 Å². The number of allylic oxidation sites excluding steroid dienone is 3. The molecule has 122 valence electrons. The first kappa shape index (κ1) is 17.2. The third-order valence-corrected chi connectivity index (χ3v) is 6.41. The zero-order valence-electron chi connectivity index (χ0n) is 14.4. The summed E-state index contributed by atoms with van der Waals surface area (Å²) in [5.41, 5.74) is 2.63. The molecule has 1 unspecified atom stereocenters. The molecule has 3 atom stereocenters. The average Bonchev–Trinajstić information content (AvgIpc) is 2.44. The smallest absolute Gasteiger partial charge is 0.146 e. The van der Waals surface area contributed by atoms with E-state index in [2.05, 4.69) is 27.4 Å². The van der Waals surface area contributed by atoms with Crippen LogP contribution in [0.25, 0.3) is 0 Å².